The van der Waals surface area contributed by atoms with Crippen LogP contribution in [-0.4, -0.2) is 42.8 Å². The first kappa shape index (κ1) is 24.4. The Kier molecular flexibility index (Phi) is 6.90. The second-order valence-corrected chi connectivity index (χ2v) is 10.2. The summed E-state index contributed by atoms with van der Waals surface area (Å²) in [5, 5.41) is 18.9. The van der Waals surface area contributed by atoms with Crippen molar-refractivity contribution in [2.24, 2.45) is 0 Å². The number of benzene rings is 2. The van der Waals surface area contributed by atoms with Crippen molar-refractivity contribution in [3.8, 4) is 11.1 Å². The van der Waals surface area contributed by atoms with Crippen molar-refractivity contribution in [1.82, 2.24) is 15.2 Å². The molecular formula is C24H26N4O6S. The van der Waals surface area contributed by atoms with E-state index in [-0.39, 0.29) is 34.8 Å². The Morgan fingerprint density at radius 1 is 1.11 bits per heavy atom. The number of aromatic nitrogens is 1. The van der Waals surface area contributed by atoms with Crippen molar-refractivity contribution in [2.45, 2.75) is 50.1 Å². The first-order valence-corrected chi connectivity index (χ1v) is 12.6. The van der Waals surface area contributed by atoms with E-state index in [1.807, 2.05) is 30.3 Å². The van der Waals surface area contributed by atoms with Crippen molar-refractivity contribution in [2.75, 3.05) is 5.32 Å². The van der Waals surface area contributed by atoms with Gasteiger partial charge in [-0.15, -0.1) is 0 Å². The Labute approximate surface area is 202 Å². The number of carboxylic acids is 1. The summed E-state index contributed by atoms with van der Waals surface area (Å²) in [5.74, 6) is -1.21. The van der Waals surface area contributed by atoms with Crippen LogP contribution in [0.4, 0.5) is 10.5 Å². The lowest BCUT2D eigenvalue weighted by Crippen LogP contribution is -2.42. The summed E-state index contributed by atoms with van der Waals surface area (Å²) in [6, 6.07) is 13.2. The molecule has 1 atom stereocenters. The Morgan fingerprint density at radius 3 is 2.43 bits per heavy atom. The number of anilines is 1. The second-order valence-electron chi connectivity index (χ2n) is 8.52. The number of amides is 2. The molecule has 1 heterocycles. The van der Waals surface area contributed by atoms with Crippen molar-refractivity contribution in [1.29, 1.82) is 0 Å². The molecule has 10 nitrogen and oxygen atoms in total. The SMILES string of the molecule is Cc1noc(C)c1S(=O)(=O)N[C@@H](Cc1ccc(-c2cccc(NC(=O)NC3CC3)c2)cc1)C(=O)O. The first-order valence-electron chi connectivity index (χ1n) is 11.1. The molecule has 11 heteroatoms. The molecular weight excluding hydrogens is 472 g/mol. The summed E-state index contributed by atoms with van der Waals surface area (Å²) >= 11 is 0. The van der Waals surface area contributed by atoms with Crippen molar-refractivity contribution < 1.29 is 27.6 Å². The van der Waals surface area contributed by atoms with Crippen LogP contribution >= 0.6 is 0 Å². The maximum Gasteiger partial charge on any atom is 0.322 e. The third-order valence-corrected chi connectivity index (χ3v) is 7.31. The van der Waals surface area contributed by atoms with E-state index in [9.17, 15) is 23.1 Å². The molecule has 1 fully saturated rings. The van der Waals surface area contributed by atoms with Gasteiger partial charge >= 0.3 is 12.0 Å². The third kappa shape index (κ3) is 6.06. The molecule has 4 N–H and O–H groups in total. The zero-order valence-electron chi connectivity index (χ0n) is 19.2. The molecule has 1 aliphatic rings. The fourth-order valence-electron chi connectivity index (χ4n) is 3.71. The standard InChI is InChI=1S/C24H26N4O6S/c1-14-22(15(2)34-27-14)35(32,33)28-21(23(29)30)12-16-6-8-17(9-7-16)18-4-3-5-20(13-18)26-24(31)25-19-10-11-19/h3-9,13,19,21,28H,10-12H2,1-2H3,(H,29,30)(H2,25,26,31)/t21-/m0/s1. The van der Waals surface area contributed by atoms with Crippen LogP contribution in [0.15, 0.2) is 57.9 Å². The fourth-order valence-corrected chi connectivity index (χ4v) is 5.23. The predicted octanol–water partition coefficient (Wildman–Crippen LogP) is 3.22. The van der Waals surface area contributed by atoms with Crippen LogP contribution in [0.3, 0.4) is 0 Å². The second kappa shape index (κ2) is 9.88. The van der Waals surface area contributed by atoms with E-state index in [2.05, 4.69) is 20.5 Å². The van der Waals surface area contributed by atoms with Crippen LogP contribution in [0.5, 0.6) is 0 Å². The number of carbonyl (C=O) groups is 2. The molecule has 1 aromatic heterocycles. The number of sulfonamides is 1. The Bertz CT molecular complexity index is 1330. The van der Waals surface area contributed by atoms with Gasteiger partial charge in [0.25, 0.3) is 0 Å². The van der Waals surface area contributed by atoms with Gasteiger partial charge in [0.15, 0.2) is 5.76 Å². The van der Waals surface area contributed by atoms with Gasteiger partial charge in [0.05, 0.1) is 0 Å². The molecule has 1 aliphatic carbocycles. The first-order chi connectivity index (χ1) is 16.6. The number of hydrogen-bond acceptors (Lipinski definition) is 6. The van der Waals surface area contributed by atoms with Gasteiger partial charge in [-0.2, -0.15) is 4.72 Å². The maximum atomic E-state index is 12.7. The van der Waals surface area contributed by atoms with Gasteiger partial charge in [-0.1, -0.05) is 41.6 Å². The molecule has 0 unspecified atom stereocenters. The summed E-state index contributed by atoms with van der Waals surface area (Å²) in [6.45, 7) is 2.93. The molecule has 0 bridgehead atoms. The van der Waals surface area contributed by atoms with Gasteiger partial charge in [0.2, 0.25) is 10.0 Å². The number of hydrogen-bond donors (Lipinski definition) is 4. The molecule has 184 valence electrons. The quantitative estimate of drug-likeness (QED) is 0.354. The average Bonchev–Trinajstić information content (AvgIpc) is 3.54. The number of urea groups is 1. The van der Waals surface area contributed by atoms with E-state index < -0.39 is 22.0 Å². The number of aliphatic carboxylic acids is 1. The van der Waals surface area contributed by atoms with Gasteiger partial charge in [0, 0.05) is 11.7 Å². The highest BCUT2D eigenvalue weighted by Gasteiger charge is 2.30. The van der Waals surface area contributed by atoms with Crippen molar-refractivity contribution in [3.63, 3.8) is 0 Å². The van der Waals surface area contributed by atoms with Crippen LogP contribution in [0.2, 0.25) is 0 Å². The minimum Gasteiger partial charge on any atom is -0.480 e. The van der Waals surface area contributed by atoms with Gasteiger partial charge in [-0.05, 0) is 61.9 Å². The molecule has 4 rings (SSSR count). The molecule has 2 amide bonds. The summed E-state index contributed by atoms with van der Waals surface area (Å²) in [4.78, 5) is 23.6. The minimum atomic E-state index is -4.14. The molecule has 3 aromatic rings. The lowest BCUT2D eigenvalue weighted by molar-refractivity contribution is -0.138. The van der Waals surface area contributed by atoms with Crippen LogP contribution in [0.1, 0.15) is 29.9 Å². The van der Waals surface area contributed by atoms with Crippen LogP contribution in [0, 0.1) is 13.8 Å². The van der Waals surface area contributed by atoms with Crippen LogP contribution in [-0.2, 0) is 21.2 Å². The predicted molar refractivity (Wildman–Crippen MR) is 128 cm³/mol. The third-order valence-electron chi connectivity index (χ3n) is 5.59. The number of carbonyl (C=O) groups excluding carboxylic acids is 1. The van der Waals surface area contributed by atoms with E-state index in [0.29, 0.717) is 11.3 Å². The minimum absolute atomic E-state index is 0.0544. The topological polar surface area (TPSA) is 151 Å². The molecule has 0 radical (unpaired) electrons. The molecule has 2 aromatic carbocycles. The van der Waals surface area contributed by atoms with Gasteiger partial charge in [-0.25, -0.2) is 13.2 Å². The normalized spacial score (nSPS) is 14.3. The monoisotopic (exact) mass is 498 g/mol. The highest BCUT2D eigenvalue weighted by molar-refractivity contribution is 7.89. The lowest BCUT2D eigenvalue weighted by atomic mass is 10.0. The van der Waals surface area contributed by atoms with Crippen molar-refractivity contribution in [3.05, 3.63) is 65.5 Å². The summed E-state index contributed by atoms with van der Waals surface area (Å²) < 4.78 is 32.6. The smallest absolute Gasteiger partial charge is 0.322 e. The molecule has 1 saturated carbocycles. The summed E-state index contributed by atoms with van der Waals surface area (Å²) in [7, 11) is -4.14. The Hall–Kier alpha value is -3.70. The van der Waals surface area contributed by atoms with E-state index >= 15 is 0 Å². The largest absolute Gasteiger partial charge is 0.480 e. The number of aryl methyl sites for hydroxylation is 2. The van der Waals surface area contributed by atoms with E-state index in [1.165, 1.54) is 13.8 Å². The Balaban J connectivity index is 1.45. The van der Waals surface area contributed by atoms with Gasteiger partial charge in [-0.3, -0.25) is 4.79 Å². The molecule has 0 spiro atoms. The molecule has 0 aliphatic heterocycles. The number of nitrogens with zero attached hydrogens (tertiary/aromatic N) is 1. The Morgan fingerprint density at radius 2 is 1.83 bits per heavy atom. The zero-order chi connectivity index (χ0) is 25.2. The van der Waals surface area contributed by atoms with Gasteiger partial charge in [0.1, 0.15) is 16.6 Å². The highest BCUT2D eigenvalue weighted by atomic mass is 32.2. The highest BCUT2D eigenvalue weighted by Crippen LogP contribution is 2.25. The molecule has 35 heavy (non-hydrogen) atoms. The number of rotatable bonds is 9. The van der Waals surface area contributed by atoms with Gasteiger partial charge < -0.3 is 20.3 Å². The zero-order valence-corrected chi connectivity index (χ0v) is 20.1. The maximum absolute atomic E-state index is 12.7. The summed E-state index contributed by atoms with van der Waals surface area (Å²) in [5.41, 5.74) is 3.19. The fraction of sp³-hybridized carbons (Fsp3) is 0.292. The number of nitrogens with one attached hydrogen (secondary N) is 3. The lowest BCUT2D eigenvalue weighted by Gasteiger charge is -2.15. The van der Waals surface area contributed by atoms with Crippen molar-refractivity contribution >= 4 is 27.7 Å². The number of carboxylic acid groups (broad SMARTS) is 1. The summed E-state index contributed by atoms with van der Waals surface area (Å²) in [6.07, 6.45) is 1.95. The van der Waals surface area contributed by atoms with Crippen LogP contribution < -0.4 is 15.4 Å². The van der Waals surface area contributed by atoms with E-state index in [1.54, 1.807) is 18.2 Å². The van der Waals surface area contributed by atoms with Crippen LogP contribution in [0.25, 0.3) is 11.1 Å². The average molecular weight is 499 g/mol. The van der Waals surface area contributed by atoms with E-state index in [0.717, 1.165) is 24.0 Å². The van der Waals surface area contributed by atoms with E-state index in [4.69, 9.17) is 4.52 Å². The molecule has 0 saturated heterocycles.